The number of aryl methyl sites for hydroxylation is 2. The summed E-state index contributed by atoms with van der Waals surface area (Å²) < 4.78 is 10.2. The van der Waals surface area contributed by atoms with Gasteiger partial charge in [0.2, 0.25) is 0 Å². The van der Waals surface area contributed by atoms with Gasteiger partial charge < -0.3 is 9.30 Å². The maximum Gasteiger partial charge on any atom is 0.332 e. The van der Waals surface area contributed by atoms with Gasteiger partial charge in [0, 0.05) is 12.4 Å². The monoisotopic (exact) mass is 439 g/mol. The van der Waals surface area contributed by atoms with Gasteiger partial charge in [-0.3, -0.25) is 13.9 Å². The van der Waals surface area contributed by atoms with Crippen molar-refractivity contribution in [2.45, 2.75) is 20.0 Å². The quantitative estimate of drug-likeness (QED) is 0.415. The third-order valence-electron chi connectivity index (χ3n) is 6.19. The second kappa shape index (κ2) is 8.13. The van der Waals surface area contributed by atoms with Crippen LogP contribution in [0.5, 0.6) is 5.75 Å². The standard InChI is InChI=1S/C27H25N3O3/c1-18-9-14-23-22(15-18)24-25(28(23)2)26(31)30(17-19-7-5-4-6-8-19)27(32)29(24)16-20-10-12-21(33-3)13-11-20/h4-15H,16-17H2,1-3H3. The molecule has 5 rings (SSSR count). The molecule has 6 heteroatoms. The number of rotatable bonds is 5. The Kier molecular flexibility index (Phi) is 5.13. The minimum atomic E-state index is -0.318. The fourth-order valence-electron chi connectivity index (χ4n) is 4.48. The van der Waals surface area contributed by atoms with Gasteiger partial charge in [-0.1, -0.05) is 54.1 Å². The molecule has 6 nitrogen and oxygen atoms in total. The highest BCUT2D eigenvalue weighted by Crippen LogP contribution is 2.27. The molecule has 0 fully saturated rings. The average molecular weight is 440 g/mol. The molecule has 0 spiro atoms. The maximum atomic E-state index is 13.8. The number of ether oxygens (including phenoxy) is 1. The summed E-state index contributed by atoms with van der Waals surface area (Å²) in [7, 11) is 3.51. The van der Waals surface area contributed by atoms with Crippen LogP contribution in [0.15, 0.2) is 82.4 Å². The molecule has 0 aliphatic carbocycles. The Morgan fingerprint density at radius 1 is 0.788 bits per heavy atom. The van der Waals surface area contributed by atoms with E-state index >= 15 is 0 Å². The van der Waals surface area contributed by atoms with Gasteiger partial charge in [-0.15, -0.1) is 0 Å². The predicted octanol–water partition coefficient (Wildman–Crippen LogP) is 4.07. The van der Waals surface area contributed by atoms with E-state index in [9.17, 15) is 9.59 Å². The van der Waals surface area contributed by atoms with Crippen molar-refractivity contribution in [2.24, 2.45) is 7.05 Å². The molecule has 0 atom stereocenters. The first-order valence-electron chi connectivity index (χ1n) is 10.9. The van der Waals surface area contributed by atoms with Gasteiger partial charge >= 0.3 is 5.69 Å². The van der Waals surface area contributed by atoms with Gasteiger partial charge in [0.05, 0.1) is 31.2 Å². The number of nitrogens with zero attached hydrogens (tertiary/aromatic N) is 3. The molecule has 0 bridgehead atoms. The molecule has 2 heterocycles. The van der Waals surface area contributed by atoms with Crippen LogP contribution >= 0.6 is 0 Å². The lowest BCUT2D eigenvalue weighted by atomic mass is 10.1. The molecule has 0 N–H and O–H groups in total. The fourth-order valence-corrected chi connectivity index (χ4v) is 4.48. The molecule has 0 saturated carbocycles. The Hall–Kier alpha value is -4.06. The average Bonchev–Trinajstić information content (AvgIpc) is 3.12. The summed E-state index contributed by atoms with van der Waals surface area (Å²) in [5, 5.41) is 0.905. The number of hydrogen-bond donors (Lipinski definition) is 0. The lowest BCUT2D eigenvalue weighted by Gasteiger charge is -2.14. The highest BCUT2D eigenvalue weighted by molar-refractivity contribution is 6.06. The van der Waals surface area contributed by atoms with E-state index in [0.717, 1.165) is 33.3 Å². The van der Waals surface area contributed by atoms with E-state index in [4.69, 9.17) is 4.74 Å². The van der Waals surface area contributed by atoms with Crippen LogP contribution < -0.4 is 16.0 Å². The molecule has 33 heavy (non-hydrogen) atoms. The van der Waals surface area contributed by atoms with Crippen LogP contribution in [0.3, 0.4) is 0 Å². The predicted molar refractivity (Wildman–Crippen MR) is 131 cm³/mol. The van der Waals surface area contributed by atoms with Gasteiger partial charge in [0.25, 0.3) is 5.56 Å². The molecular formula is C27H25N3O3. The first-order chi connectivity index (χ1) is 16.0. The summed E-state index contributed by atoms with van der Waals surface area (Å²) in [5.74, 6) is 0.756. The first-order valence-corrected chi connectivity index (χ1v) is 10.9. The molecule has 0 amide bonds. The van der Waals surface area contributed by atoms with Crippen LogP contribution in [0.4, 0.5) is 0 Å². The van der Waals surface area contributed by atoms with E-state index in [1.165, 1.54) is 4.57 Å². The lowest BCUT2D eigenvalue weighted by Crippen LogP contribution is -2.40. The summed E-state index contributed by atoms with van der Waals surface area (Å²) in [6.45, 7) is 2.58. The minimum absolute atomic E-state index is 0.220. The third-order valence-corrected chi connectivity index (χ3v) is 6.19. The van der Waals surface area contributed by atoms with Gasteiger partial charge in [-0.25, -0.2) is 4.79 Å². The van der Waals surface area contributed by atoms with E-state index in [1.54, 1.807) is 11.7 Å². The van der Waals surface area contributed by atoms with E-state index in [-0.39, 0.29) is 17.8 Å². The lowest BCUT2D eigenvalue weighted by molar-refractivity contribution is 0.414. The molecule has 5 aromatic rings. The van der Waals surface area contributed by atoms with Crippen LogP contribution in [-0.4, -0.2) is 20.8 Å². The van der Waals surface area contributed by atoms with Crippen molar-refractivity contribution >= 4 is 21.9 Å². The van der Waals surface area contributed by atoms with E-state index in [0.29, 0.717) is 17.6 Å². The molecule has 0 aliphatic heterocycles. The van der Waals surface area contributed by atoms with Crippen LogP contribution in [0.25, 0.3) is 21.9 Å². The Morgan fingerprint density at radius 2 is 1.45 bits per heavy atom. The molecule has 3 aromatic carbocycles. The van der Waals surface area contributed by atoms with E-state index in [1.807, 2.05) is 91.3 Å². The fraction of sp³-hybridized carbons (Fsp3) is 0.185. The minimum Gasteiger partial charge on any atom is -0.497 e. The van der Waals surface area contributed by atoms with Gasteiger partial charge in [-0.05, 0) is 42.3 Å². The maximum absolute atomic E-state index is 13.8. The van der Waals surface area contributed by atoms with Gasteiger partial charge in [0.15, 0.2) is 0 Å². The molecule has 2 aromatic heterocycles. The molecule has 166 valence electrons. The Labute approximate surface area is 190 Å². The Morgan fingerprint density at radius 3 is 2.15 bits per heavy atom. The Bertz CT molecular complexity index is 1590. The van der Waals surface area contributed by atoms with E-state index < -0.39 is 0 Å². The molecule has 0 unspecified atom stereocenters. The van der Waals surface area contributed by atoms with Crippen LogP contribution in [0.1, 0.15) is 16.7 Å². The zero-order chi connectivity index (χ0) is 23.1. The van der Waals surface area contributed by atoms with Crippen molar-refractivity contribution in [1.29, 1.82) is 0 Å². The number of hydrogen-bond acceptors (Lipinski definition) is 3. The van der Waals surface area contributed by atoms with Gasteiger partial charge in [-0.2, -0.15) is 0 Å². The SMILES string of the molecule is COc1ccc(Cn2c(=O)n(Cc3ccccc3)c(=O)c3c2c2cc(C)ccc2n3C)cc1. The van der Waals surface area contributed by atoms with Crippen LogP contribution in [-0.2, 0) is 20.1 Å². The highest BCUT2D eigenvalue weighted by atomic mass is 16.5. The van der Waals surface area contributed by atoms with Crippen molar-refractivity contribution < 1.29 is 4.74 Å². The topological polar surface area (TPSA) is 58.2 Å². The zero-order valence-corrected chi connectivity index (χ0v) is 18.9. The van der Waals surface area contributed by atoms with Crippen molar-refractivity contribution in [3.05, 3.63) is 110 Å². The van der Waals surface area contributed by atoms with Gasteiger partial charge in [0.1, 0.15) is 11.3 Å². The zero-order valence-electron chi connectivity index (χ0n) is 18.9. The second-order valence-electron chi connectivity index (χ2n) is 8.37. The normalized spacial score (nSPS) is 11.4. The first kappa shape index (κ1) is 20.8. The summed E-state index contributed by atoms with van der Waals surface area (Å²) in [4.78, 5) is 27.4. The number of fused-ring (bicyclic) bond motifs is 3. The summed E-state index contributed by atoms with van der Waals surface area (Å²) in [6, 6.07) is 23.3. The third kappa shape index (κ3) is 3.53. The van der Waals surface area contributed by atoms with Crippen molar-refractivity contribution in [3.63, 3.8) is 0 Å². The summed E-state index contributed by atoms with van der Waals surface area (Å²) in [5.41, 5.74) is 4.46. The number of benzene rings is 3. The highest BCUT2D eigenvalue weighted by Gasteiger charge is 2.20. The molecule has 0 aliphatic rings. The Balaban J connectivity index is 1.82. The molecular weight excluding hydrogens is 414 g/mol. The molecule has 0 saturated heterocycles. The number of methoxy groups -OCH3 is 1. The largest absolute Gasteiger partial charge is 0.497 e. The summed E-state index contributed by atoms with van der Waals surface area (Å²) in [6.07, 6.45) is 0. The van der Waals surface area contributed by atoms with Crippen molar-refractivity contribution in [1.82, 2.24) is 13.7 Å². The van der Waals surface area contributed by atoms with Crippen LogP contribution in [0.2, 0.25) is 0 Å². The second-order valence-corrected chi connectivity index (χ2v) is 8.37. The van der Waals surface area contributed by atoms with Crippen LogP contribution in [0, 0.1) is 6.92 Å². The molecule has 0 radical (unpaired) electrons. The van der Waals surface area contributed by atoms with Crippen molar-refractivity contribution in [3.8, 4) is 5.75 Å². The smallest absolute Gasteiger partial charge is 0.332 e. The summed E-state index contributed by atoms with van der Waals surface area (Å²) >= 11 is 0. The number of aromatic nitrogens is 3. The van der Waals surface area contributed by atoms with E-state index in [2.05, 4.69) is 0 Å². The van der Waals surface area contributed by atoms with Crippen molar-refractivity contribution in [2.75, 3.05) is 7.11 Å².